The maximum absolute atomic E-state index is 14.0. The summed E-state index contributed by atoms with van der Waals surface area (Å²) in [4.78, 5) is 28.8. The molecule has 0 saturated carbocycles. The Balaban J connectivity index is 1.64. The van der Waals surface area contributed by atoms with Crippen LogP contribution in [0.3, 0.4) is 0 Å². The van der Waals surface area contributed by atoms with E-state index in [1.54, 1.807) is 33.8 Å². The summed E-state index contributed by atoms with van der Waals surface area (Å²) in [6.07, 6.45) is 1.46. The van der Waals surface area contributed by atoms with Gasteiger partial charge in [-0.05, 0) is 61.2 Å². The SMILES string of the molecule is C[C@@H](c1ccc(Cl)cc1)n1nnc2c1NC(=O)C[C@]21C(=O)N(CCCCCl)c2ccc(Cl)cc21. The van der Waals surface area contributed by atoms with E-state index in [2.05, 4.69) is 15.6 Å². The molecule has 1 spiro atoms. The van der Waals surface area contributed by atoms with Gasteiger partial charge in [-0.3, -0.25) is 9.59 Å². The van der Waals surface area contributed by atoms with Gasteiger partial charge in [0.1, 0.15) is 11.1 Å². The number of amides is 2. The van der Waals surface area contributed by atoms with Crippen molar-refractivity contribution in [2.45, 2.75) is 37.6 Å². The third kappa shape index (κ3) is 3.58. The average Bonchev–Trinajstić information content (AvgIpc) is 3.33. The Bertz CT molecular complexity index is 1280. The maximum Gasteiger partial charge on any atom is 0.244 e. The lowest BCUT2D eigenvalue weighted by atomic mass is 9.73. The van der Waals surface area contributed by atoms with Gasteiger partial charge in [0.05, 0.1) is 12.5 Å². The Morgan fingerprint density at radius 2 is 1.82 bits per heavy atom. The molecule has 1 aromatic heterocycles. The number of rotatable bonds is 6. The molecule has 0 saturated heterocycles. The molecule has 2 aliphatic heterocycles. The van der Waals surface area contributed by atoms with Crippen LogP contribution in [0, 0.1) is 0 Å². The second kappa shape index (κ2) is 8.87. The standard InChI is InChI=1S/C24H22Cl3N5O2/c1-14(15-4-6-16(26)7-5-15)32-22-21(29-30-32)24(13-20(33)28-22)18-12-17(27)8-9-19(18)31(23(24)34)11-3-2-10-25/h4-9,12,14H,2-3,10-11,13H2,1H3,(H,28,33)/t14-,24+/m0/s1. The molecule has 176 valence electrons. The Labute approximate surface area is 212 Å². The largest absolute Gasteiger partial charge is 0.311 e. The van der Waals surface area contributed by atoms with Crippen molar-refractivity contribution in [3.05, 3.63) is 69.3 Å². The van der Waals surface area contributed by atoms with Crippen molar-refractivity contribution in [3.63, 3.8) is 0 Å². The number of halogens is 3. The molecule has 3 aromatic rings. The highest BCUT2D eigenvalue weighted by Crippen LogP contribution is 2.52. The quantitative estimate of drug-likeness (QED) is 0.360. The molecule has 2 amide bonds. The zero-order valence-electron chi connectivity index (χ0n) is 18.4. The molecule has 0 aliphatic carbocycles. The summed E-state index contributed by atoms with van der Waals surface area (Å²) in [5.41, 5.74) is 1.51. The highest BCUT2D eigenvalue weighted by atomic mass is 35.5. The van der Waals surface area contributed by atoms with E-state index in [1.165, 1.54) is 0 Å². The van der Waals surface area contributed by atoms with Crippen molar-refractivity contribution in [1.29, 1.82) is 0 Å². The van der Waals surface area contributed by atoms with E-state index in [9.17, 15) is 9.59 Å². The summed E-state index contributed by atoms with van der Waals surface area (Å²) in [5.74, 6) is 0.466. The molecule has 0 bridgehead atoms. The summed E-state index contributed by atoms with van der Waals surface area (Å²) in [6.45, 7) is 2.44. The number of nitrogens with one attached hydrogen (secondary N) is 1. The minimum atomic E-state index is -1.28. The smallest absolute Gasteiger partial charge is 0.244 e. The van der Waals surface area contributed by atoms with Gasteiger partial charge in [-0.15, -0.1) is 16.7 Å². The molecular weight excluding hydrogens is 497 g/mol. The summed E-state index contributed by atoms with van der Waals surface area (Å²) < 4.78 is 1.64. The van der Waals surface area contributed by atoms with Crippen LogP contribution in [0.1, 0.15) is 49.0 Å². The number of anilines is 2. The summed E-state index contributed by atoms with van der Waals surface area (Å²) in [6, 6.07) is 12.5. The van der Waals surface area contributed by atoms with Gasteiger partial charge in [0.25, 0.3) is 0 Å². The Morgan fingerprint density at radius 1 is 1.09 bits per heavy atom. The third-order valence-corrected chi connectivity index (χ3v) is 7.34. The first-order chi connectivity index (χ1) is 16.4. The predicted molar refractivity (Wildman–Crippen MR) is 133 cm³/mol. The highest BCUT2D eigenvalue weighted by Gasteiger charge is 2.58. The molecule has 5 rings (SSSR count). The van der Waals surface area contributed by atoms with E-state index in [-0.39, 0.29) is 24.3 Å². The average molecular weight is 519 g/mol. The second-order valence-corrected chi connectivity index (χ2v) is 9.85. The number of alkyl halides is 1. The van der Waals surface area contributed by atoms with Gasteiger partial charge in [0, 0.05) is 28.2 Å². The fourth-order valence-electron chi connectivity index (χ4n) is 4.88. The molecule has 7 nitrogen and oxygen atoms in total. The van der Waals surface area contributed by atoms with Crippen LogP contribution >= 0.6 is 34.8 Å². The van der Waals surface area contributed by atoms with Gasteiger partial charge >= 0.3 is 0 Å². The zero-order chi connectivity index (χ0) is 24.0. The molecule has 0 fully saturated rings. The lowest BCUT2D eigenvalue weighted by molar-refractivity contribution is -0.126. The fourth-order valence-corrected chi connectivity index (χ4v) is 5.37. The van der Waals surface area contributed by atoms with Crippen LogP contribution in [0.4, 0.5) is 11.5 Å². The van der Waals surface area contributed by atoms with Gasteiger partial charge in [-0.1, -0.05) is 40.5 Å². The summed E-state index contributed by atoms with van der Waals surface area (Å²) >= 11 is 18.3. The number of carbonyl (C=O) groups is 2. The van der Waals surface area contributed by atoms with Gasteiger partial charge < -0.3 is 10.2 Å². The van der Waals surface area contributed by atoms with Crippen molar-refractivity contribution in [3.8, 4) is 0 Å². The lowest BCUT2D eigenvalue weighted by Crippen LogP contribution is -2.47. The third-order valence-electron chi connectivity index (χ3n) is 6.59. The van der Waals surface area contributed by atoms with Gasteiger partial charge in [-0.25, -0.2) is 4.68 Å². The van der Waals surface area contributed by atoms with E-state index in [0.717, 1.165) is 24.1 Å². The van der Waals surface area contributed by atoms with Crippen LogP contribution < -0.4 is 10.2 Å². The molecular formula is C24H22Cl3N5O2. The number of benzene rings is 2. The Morgan fingerprint density at radius 3 is 2.56 bits per heavy atom. The summed E-state index contributed by atoms with van der Waals surface area (Å²) in [7, 11) is 0. The molecule has 2 aliphatic rings. The first kappa shape index (κ1) is 23.1. The molecule has 1 N–H and O–H groups in total. The van der Waals surface area contributed by atoms with Crippen LogP contribution in [-0.4, -0.2) is 39.2 Å². The molecule has 34 heavy (non-hydrogen) atoms. The maximum atomic E-state index is 14.0. The van der Waals surface area contributed by atoms with E-state index in [0.29, 0.717) is 39.5 Å². The number of unbranched alkanes of at least 4 members (excludes halogenated alkanes) is 1. The topological polar surface area (TPSA) is 80.1 Å². The van der Waals surface area contributed by atoms with E-state index in [4.69, 9.17) is 34.8 Å². The molecule has 2 aromatic carbocycles. The number of hydrogen-bond acceptors (Lipinski definition) is 4. The number of nitrogens with zero attached hydrogens (tertiary/aromatic N) is 4. The molecule has 0 radical (unpaired) electrons. The van der Waals surface area contributed by atoms with E-state index in [1.807, 2.05) is 25.1 Å². The van der Waals surface area contributed by atoms with Crippen LogP contribution in [0.5, 0.6) is 0 Å². The van der Waals surface area contributed by atoms with Gasteiger partial charge in [-0.2, -0.15) is 0 Å². The second-order valence-electron chi connectivity index (χ2n) is 8.60. The number of hydrogen-bond donors (Lipinski definition) is 1. The van der Waals surface area contributed by atoms with Gasteiger partial charge in [0.15, 0.2) is 5.82 Å². The molecule has 10 heteroatoms. The van der Waals surface area contributed by atoms with Crippen molar-refractivity contribution in [2.24, 2.45) is 0 Å². The number of aromatic nitrogens is 3. The van der Waals surface area contributed by atoms with Crippen molar-refractivity contribution < 1.29 is 9.59 Å². The van der Waals surface area contributed by atoms with Gasteiger partial charge in [0.2, 0.25) is 11.8 Å². The molecule has 2 atom stereocenters. The molecule has 0 unspecified atom stereocenters. The number of carbonyl (C=O) groups excluding carboxylic acids is 2. The fraction of sp³-hybridized carbons (Fsp3) is 0.333. The first-order valence-corrected chi connectivity index (χ1v) is 12.3. The minimum Gasteiger partial charge on any atom is -0.311 e. The van der Waals surface area contributed by atoms with Crippen molar-refractivity contribution in [1.82, 2.24) is 15.0 Å². The van der Waals surface area contributed by atoms with Crippen LogP contribution in [0.2, 0.25) is 10.0 Å². The van der Waals surface area contributed by atoms with Crippen molar-refractivity contribution in [2.75, 3.05) is 22.6 Å². The normalized spacial score (nSPS) is 19.8. The van der Waals surface area contributed by atoms with Crippen LogP contribution in [0.25, 0.3) is 0 Å². The van der Waals surface area contributed by atoms with E-state index < -0.39 is 5.41 Å². The van der Waals surface area contributed by atoms with E-state index >= 15 is 0 Å². The lowest BCUT2D eigenvalue weighted by Gasteiger charge is -2.31. The highest BCUT2D eigenvalue weighted by molar-refractivity contribution is 6.31. The molecule has 3 heterocycles. The summed E-state index contributed by atoms with van der Waals surface area (Å²) in [5, 5.41) is 12.9. The minimum absolute atomic E-state index is 0.0633. The number of fused-ring (bicyclic) bond motifs is 4. The zero-order valence-corrected chi connectivity index (χ0v) is 20.7. The van der Waals surface area contributed by atoms with Crippen LogP contribution in [-0.2, 0) is 15.0 Å². The van der Waals surface area contributed by atoms with Crippen molar-refractivity contribution >= 4 is 58.1 Å². The Hall–Kier alpha value is -2.61. The first-order valence-electron chi connectivity index (χ1n) is 11.1. The predicted octanol–water partition coefficient (Wildman–Crippen LogP) is 5.19. The monoisotopic (exact) mass is 517 g/mol. The van der Waals surface area contributed by atoms with Crippen LogP contribution in [0.15, 0.2) is 42.5 Å². The Kier molecular flexibility index (Phi) is 6.04.